The monoisotopic (exact) mass is 268 g/mol. The van der Waals surface area contributed by atoms with Crippen LogP contribution in [-0.4, -0.2) is 23.1 Å². The summed E-state index contributed by atoms with van der Waals surface area (Å²) < 4.78 is 0. The Morgan fingerprint density at radius 2 is 2.10 bits per heavy atom. The van der Waals surface area contributed by atoms with Gasteiger partial charge in [0.05, 0.1) is 12.4 Å². The van der Waals surface area contributed by atoms with E-state index in [1.807, 2.05) is 6.20 Å². The van der Waals surface area contributed by atoms with Crippen molar-refractivity contribution in [2.24, 2.45) is 0 Å². The van der Waals surface area contributed by atoms with Crippen molar-refractivity contribution in [3.05, 3.63) is 42.2 Å². The highest BCUT2D eigenvalue weighted by atomic mass is 15.2. The molecule has 104 valence electrons. The first-order valence-corrected chi connectivity index (χ1v) is 7.30. The molecule has 0 spiro atoms. The third-order valence-electron chi connectivity index (χ3n) is 3.62. The molecule has 1 aliphatic heterocycles. The molecule has 1 aromatic heterocycles. The zero-order valence-corrected chi connectivity index (χ0v) is 11.8. The Kier molecular flexibility index (Phi) is 3.81. The summed E-state index contributed by atoms with van der Waals surface area (Å²) in [7, 11) is 0. The second kappa shape index (κ2) is 5.90. The third-order valence-corrected chi connectivity index (χ3v) is 3.62. The molecule has 0 saturated heterocycles. The van der Waals surface area contributed by atoms with Gasteiger partial charge in [0, 0.05) is 18.8 Å². The lowest BCUT2D eigenvalue weighted by Crippen LogP contribution is -2.19. The summed E-state index contributed by atoms with van der Waals surface area (Å²) in [5.41, 5.74) is 2.67. The molecule has 1 aromatic carbocycles. The number of hydrogen-bond acceptors (Lipinski definition) is 4. The normalized spacial score (nSPS) is 14.6. The molecule has 1 N–H and O–H groups in total. The number of nitrogens with one attached hydrogen (secondary N) is 1. The van der Waals surface area contributed by atoms with Gasteiger partial charge in [-0.05, 0) is 37.8 Å². The van der Waals surface area contributed by atoms with Crippen molar-refractivity contribution in [1.82, 2.24) is 9.97 Å². The van der Waals surface area contributed by atoms with E-state index in [2.05, 4.69) is 51.4 Å². The minimum absolute atomic E-state index is 0.840. The molecule has 4 nitrogen and oxygen atoms in total. The second-order valence-corrected chi connectivity index (χ2v) is 5.03. The molecule has 0 unspecified atom stereocenters. The molecule has 4 heteroatoms. The summed E-state index contributed by atoms with van der Waals surface area (Å²) in [6.07, 6.45) is 7.18. The number of rotatable bonds is 3. The molecule has 2 heterocycles. The number of fused-ring (bicyclic) bond motifs is 1. The van der Waals surface area contributed by atoms with Crippen molar-refractivity contribution >= 4 is 17.3 Å². The van der Waals surface area contributed by atoms with Crippen LogP contribution in [0.15, 0.2) is 36.7 Å². The summed E-state index contributed by atoms with van der Waals surface area (Å²) in [6.45, 7) is 3.92. The van der Waals surface area contributed by atoms with Gasteiger partial charge in [-0.1, -0.05) is 18.2 Å². The minimum atomic E-state index is 0.840. The zero-order valence-electron chi connectivity index (χ0n) is 11.8. The highest BCUT2D eigenvalue weighted by Crippen LogP contribution is 2.31. The number of aryl methyl sites for hydroxylation is 1. The van der Waals surface area contributed by atoms with Crippen LogP contribution < -0.4 is 10.2 Å². The summed E-state index contributed by atoms with van der Waals surface area (Å²) in [5, 5.41) is 3.23. The summed E-state index contributed by atoms with van der Waals surface area (Å²) >= 11 is 0. The Morgan fingerprint density at radius 1 is 1.20 bits per heavy atom. The van der Waals surface area contributed by atoms with E-state index in [-0.39, 0.29) is 0 Å². The smallest absolute Gasteiger partial charge is 0.153 e. The molecule has 3 rings (SSSR count). The standard InChI is InChI=1S/C16H20N4/c1-2-18-15-11-17-12-16(19-15)20-10-6-5-8-13-7-3-4-9-14(13)20/h3-4,7,9,11-12H,2,5-6,8,10H2,1H3,(H,18,19). The molecule has 0 amide bonds. The predicted octanol–water partition coefficient (Wildman–Crippen LogP) is 3.38. The molecule has 0 bridgehead atoms. The minimum Gasteiger partial charge on any atom is -0.369 e. The number of nitrogens with zero attached hydrogens (tertiary/aromatic N) is 3. The van der Waals surface area contributed by atoms with Gasteiger partial charge in [0.1, 0.15) is 5.82 Å². The Morgan fingerprint density at radius 3 is 3.00 bits per heavy atom. The van der Waals surface area contributed by atoms with Crippen molar-refractivity contribution in [1.29, 1.82) is 0 Å². The van der Waals surface area contributed by atoms with Gasteiger partial charge in [0.15, 0.2) is 5.82 Å². The van der Waals surface area contributed by atoms with E-state index in [4.69, 9.17) is 0 Å². The van der Waals surface area contributed by atoms with Crippen molar-refractivity contribution in [2.45, 2.75) is 26.2 Å². The van der Waals surface area contributed by atoms with Gasteiger partial charge < -0.3 is 10.2 Å². The van der Waals surface area contributed by atoms with E-state index in [0.29, 0.717) is 0 Å². The number of benzene rings is 1. The lowest BCUT2D eigenvalue weighted by molar-refractivity contribution is 0.757. The molecule has 0 aliphatic carbocycles. The van der Waals surface area contributed by atoms with Gasteiger partial charge in [-0.15, -0.1) is 0 Å². The molecule has 0 saturated carbocycles. The summed E-state index contributed by atoms with van der Waals surface area (Å²) in [5.74, 6) is 1.77. The van der Waals surface area contributed by atoms with Crippen LogP contribution in [0.2, 0.25) is 0 Å². The molecular weight excluding hydrogens is 248 g/mol. The number of aromatic nitrogens is 2. The maximum absolute atomic E-state index is 4.68. The van der Waals surface area contributed by atoms with Gasteiger partial charge in [-0.3, -0.25) is 4.98 Å². The third kappa shape index (κ3) is 2.59. The van der Waals surface area contributed by atoms with Crippen LogP contribution in [0.1, 0.15) is 25.3 Å². The number of para-hydroxylation sites is 1. The molecule has 1 aliphatic rings. The van der Waals surface area contributed by atoms with Crippen molar-refractivity contribution < 1.29 is 0 Å². The second-order valence-electron chi connectivity index (χ2n) is 5.03. The Labute approximate surface area is 119 Å². The lowest BCUT2D eigenvalue weighted by atomic mass is 10.1. The first-order valence-electron chi connectivity index (χ1n) is 7.30. The van der Waals surface area contributed by atoms with E-state index in [9.17, 15) is 0 Å². The topological polar surface area (TPSA) is 41.1 Å². The molecule has 0 radical (unpaired) electrons. The van der Waals surface area contributed by atoms with Gasteiger partial charge in [0.25, 0.3) is 0 Å². The van der Waals surface area contributed by atoms with Gasteiger partial charge in [0.2, 0.25) is 0 Å². The van der Waals surface area contributed by atoms with E-state index >= 15 is 0 Å². The van der Waals surface area contributed by atoms with Gasteiger partial charge >= 0.3 is 0 Å². The van der Waals surface area contributed by atoms with Gasteiger partial charge in [-0.25, -0.2) is 4.98 Å². The van der Waals surface area contributed by atoms with Crippen LogP contribution >= 0.6 is 0 Å². The highest BCUT2D eigenvalue weighted by Gasteiger charge is 2.17. The fourth-order valence-corrected chi connectivity index (χ4v) is 2.68. The van der Waals surface area contributed by atoms with Crippen LogP contribution in [-0.2, 0) is 6.42 Å². The SMILES string of the molecule is CCNc1cncc(N2CCCCc3ccccc32)n1. The Hall–Kier alpha value is -2.10. The summed E-state index contributed by atoms with van der Waals surface area (Å²) in [6, 6.07) is 8.61. The Balaban J connectivity index is 1.98. The van der Waals surface area contributed by atoms with E-state index < -0.39 is 0 Å². The predicted molar refractivity (Wildman–Crippen MR) is 82.6 cm³/mol. The number of anilines is 3. The maximum atomic E-state index is 4.68. The lowest BCUT2D eigenvalue weighted by Gasteiger charge is -2.24. The van der Waals surface area contributed by atoms with Crippen LogP contribution in [0.25, 0.3) is 0 Å². The molecule has 0 atom stereocenters. The fourth-order valence-electron chi connectivity index (χ4n) is 2.68. The zero-order chi connectivity index (χ0) is 13.8. The van der Waals surface area contributed by atoms with Crippen LogP contribution in [0.5, 0.6) is 0 Å². The van der Waals surface area contributed by atoms with E-state index in [0.717, 1.165) is 31.1 Å². The summed E-state index contributed by atoms with van der Waals surface area (Å²) in [4.78, 5) is 11.3. The van der Waals surface area contributed by atoms with Gasteiger partial charge in [-0.2, -0.15) is 0 Å². The molecule has 0 fully saturated rings. The largest absolute Gasteiger partial charge is 0.369 e. The Bertz CT molecular complexity index is 582. The van der Waals surface area contributed by atoms with Crippen molar-refractivity contribution in [3.63, 3.8) is 0 Å². The average molecular weight is 268 g/mol. The van der Waals surface area contributed by atoms with Crippen molar-refractivity contribution in [3.8, 4) is 0 Å². The number of hydrogen-bond donors (Lipinski definition) is 1. The van der Waals surface area contributed by atoms with Crippen LogP contribution in [0.3, 0.4) is 0 Å². The highest BCUT2D eigenvalue weighted by molar-refractivity contribution is 5.64. The molecular formula is C16H20N4. The van der Waals surface area contributed by atoms with E-state index in [1.54, 1.807) is 6.20 Å². The first kappa shape index (κ1) is 12.9. The van der Waals surface area contributed by atoms with E-state index in [1.165, 1.54) is 24.1 Å². The molecule has 2 aromatic rings. The average Bonchev–Trinajstić information content (AvgIpc) is 2.70. The maximum Gasteiger partial charge on any atom is 0.153 e. The fraction of sp³-hybridized carbons (Fsp3) is 0.375. The van der Waals surface area contributed by atoms with Crippen LogP contribution in [0, 0.1) is 0 Å². The first-order chi connectivity index (χ1) is 9.88. The molecule has 20 heavy (non-hydrogen) atoms. The quantitative estimate of drug-likeness (QED) is 0.926. The van der Waals surface area contributed by atoms with Crippen LogP contribution in [0.4, 0.5) is 17.3 Å². The van der Waals surface area contributed by atoms with Crippen molar-refractivity contribution in [2.75, 3.05) is 23.3 Å².